The fraction of sp³-hybridized carbons (Fsp3) is 0.318. The molecule has 0 saturated carbocycles. The zero-order valence-corrected chi connectivity index (χ0v) is 16.4. The van der Waals surface area contributed by atoms with Crippen LogP contribution in [0.1, 0.15) is 17.3 Å². The number of benzene rings is 2. The number of rotatable bonds is 3. The Balaban J connectivity index is 1.67. The maximum Gasteiger partial charge on any atom is 0.254 e. The Morgan fingerprint density at radius 3 is 2.68 bits per heavy atom. The van der Waals surface area contributed by atoms with Crippen molar-refractivity contribution in [2.45, 2.75) is 13.0 Å². The van der Waals surface area contributed by atoms with Gasteiger partial charge in [-0.2, -0.15) is 0 Å². The molecule has 6 heteroatoms. The first-order valence-electron chi connectivity index (χ1n) is 9.46. The highest BCUT2D eigenvalue weighted by Crippen LogP contribution is 2.29. The lowest BCUT2D eigenvalue weighted by Crippen LogP contribution is -2.44. The van der Waals surface area contributed by atoms with Gasteiger partial charge in [0.1, 0.15) is 0 Å². The zero-order chi connectivity index (χ0) is 19.7. The van der Waals surface area contributed by atoms with Crippen LogP contribution in [-0.4, -0.2) is 60.7 Å². The average molecular weight is 376 g/mol. The van der Waals surface area contributed by atoms with E-state index >= 15 is 0 Å². The minimum Gasteiger partial charge on any atom is -0.375 e. The first-order chi connectivity index (χ1) is 13.5. The average Bonchev–Trinajstić information content (AvgIpc) is 2.72. The van der Waals surface area contributed by atoms with Crippen LogP contribution >= 0.6 is 0 Å². The molecule has 0 N–H and O–H groups in total. The van der Waals surface area contributed by atoms with Gasteiger partial charge in [0.2, 0.25) is 5.95 Å². The molecule has 2 heterocycles. The zero-order valence-electron chi connectivity index (χ0n) is 16.4. The molecule has 3 aromatic rings. The lowest BCUT2D eigenvalue weighted by Gasteiger charge is -2.31. The largest absolute Gasteiger partial charge is 0.375 e. The van der Waals surface area contributed by atoms with E-state index in [1.54, 1.807) is 0 Å². The van der Waals surface area contributed by atoms with Crippen molar-refractivity contribution in [1.29, 1.82) is 0 Å². The summed E-state index contributed by atoms with van der Waals surface area (Å²) in [6.45, 7) is 3.85. The van der Waals surface area contributed by atoms with Crippen molar-refractivity contribution in [2.24, 2.45) is 0 Å². The molecule has 0 radical (unpaired) electrons. The summed E-state index contributed by atoms with van der Waals surface area (Å²) < 4.78 is 5.54. The molecule has 4 rings (SSSR count). The topological polar surface area (TPSA) is 58.6 Å². The fourth-order valence-electron chi connectivity index (χ4n) is 3.55. The van der Waals surface area contributed by atoms with E-state index in [0.717, 1.165) is 21.9 Å². The van der Waals surface area contributed by atoms with Gasteiger partial charge in [-0.1, -0.05) is 24.3 Å². The molecule has 1 aliphatic rings. The molecule has 1 amide bonds. The highest BCUT2D eigenvalue weighted by Gasteiger charge is 2.22. The fourth-order valence-corrected chi connectivity index (χ4v) is 3.55. The van der Waals surface area contributed by atoms with Crippen LogP contribution in [0.4, 0.5) is 5.95 Å². The van der Waals surface area contributed by atoms with E-state index in [9.17, 15) is 4.79 Å². The predicted octanol–water partition coefficient (Wildman–Crippen LogP) is 3.22. The molecule has 1 atom stereocenters. The molecule has 0 spiro atoms. The number of hydrogen-bond donors (Lipinski definition) is 0. The summed E-state index contributed by atoms with van der Waals surface area (Å²) in [7, 11) is 3.83. The summed E-state index contributed by atoms with van der Waals surface area (Å²) in [5.74, 6) is 0.734. The van der Waals surface area contributed by atoms with Crippen molar-refractivity contribution in [3.05, 3.63) is 54.4 Å². The van der Waals surface area contributed by atoms with Crippen molar-refractivity contribution in [1.82, 2.24) is 14.9 Å². The number of morpholine rings is 1. The van der Waals surface area contributed by atoms with Crippen LogP contribution in [0.3, 0.4) is 0 Å². The second-order valence-electron chi connectivity index (χ2n) is 7.34. The van der Waals surface area contributed by atoms with E-state index in [2.05, 4.69) is 16.0 Å². The molecule has 1 unspecified atom stereocenters. The van der Waals surface area contributed by atoms with Gasteiger partial charge >= 0.3 is 0 Å². The summed E-state index contributed by atoms with van der Waals surface area (Å²) in [5, 5.41) is 2.11. The lowest BCUT2D eigenvalue weighted by molar-refractivity contribution is -0.0124. The Labute approximate surface area is 164 Å². The Kier molecular flexibility index (Phi) is 4.96. The summed E-state index contributed by atoms with van der Waals surface area (Å²) >= 11 is 0. The molecule has 1 aromatic heterocycles. The number of nitrogens with zero attached hydrogens (tertiary/aromatic N) is 4. The van der Waals surface area contributed by atoms with Gasteiger partial charge in [0.15, 0.2) is 0 Å². The van der Waals surface area contributed by atoms with Crippen molar-refractivity contribution < 1.29 is 9.53 Å². The highest BCUT2D eigenvalue weighted by molar-refractivity contribution is 6.02. The van der Waals surface area contributed by atoms with Crippen LogP contribution in [0.25, 0.3) is 21.9 Å². The van der Waals surface area contributed by atoms with Crippen LogP contribution in [0, 0.1) is 0 Å². The molecule has 0 aliphatic carbocycles. The number of carbonyl (C=O) groups excluding carboxylic acids is 1. The minimum absolute atomic E-state index is 0.0566. The molecule has 144 valence electrons. The van der Waals surface area contributed by atoms with E-state index < -0.39 is 0 Å². The summed E-state index contributed by atoms with van der Waals surface area (Å²) in [6, 6.07) is 12.0. The van der Waals surface area contributed by atoms with Gasteiger partial charge in [0, 0.05) is 50.7 Å². The monoisotopic (exact) mass is 376 g/mol. The predicted molar refractivity (Wildman–Crippen MR) is 111 cm³/mol. The number of carbonyl (C=O) groups is 1. The van der Waals surface area contributed by atoms with E-state index in [-0.39, 0.29) is 12.0 Å². The van der Waals surface area contributed by atoms with Crippen LogP contribution in [0.5, 0.6) is 0 Å². The van der Waals surface area contributed by atoms with Gasteiger partial charge in [-0.05, 0) is 35.4 Å². The van der Waals surface area contributed by atoms with E-state index in [1.165, 1.54) is 0 Å². The Hall–Kier alpha value is -2.99. The van der Waals surface area contributed by atoms with Crippen LogP contribution in [0.15, 0.2) is 48.8 Å². The number of aromatic nitrogens is 2. The maximum atomic E-state index is 12.9. The number of hydrogen-bond acceptors (Lipinski definition) is 5. The summed E-state index contributed by atoms with van der Waals surface area (Å²) in [4.78, 5) is 25.5. The normalized spacial score (nSPS) is 17.0. The second kappa shape index (κ2) is 7.56. The van der Waals surface area contributed by atoms with Crippen molar-refractivity contribution in [3.8, 4) is 11.1 Å². The van der Waals surface area contributed by atoms with Gasteiger partial charge in [-0.15, -0.1) is 0 Å². The van der Waals surface area contributed by atoms with Crippen molar-refractivity contribution >= 4 is 22.6 Å². The van der Waals surface area contributed by atoms with Crippen LogP contribution < -0.4 is 4.90 Å². The van der Waals surface area contributed by atoms with Gasteiger partial charge in [-0.3, -0.25) is 4.79 Å². The molecule has 0 bridgehead atoms. The Bertz CT molecular complexity index is 1000. The third-order valence-electron chi connectivity index (χ3n) is 5.00. The smallest absolute Gasteiger partial charge is 0.254 e. The Morgan fingerprint density at radius 1 is 1.18 bits per heavy atom. The van der Waals surface area contributed by atoms with Crippen LogP contribution in [-0.2, 0) is 4.74 Å². The summed E-state index contributed by atoms with van der Waals surface area (Å²) in [5.41, 5.74) is 2.72. The van der Waals surface area contributed by atoms with E-state index in [1.807, 2.05) is 73.5 Å². The SMILES string of the molecule is CC1CN(C(=O)c2ccc3c(-c4cnc(N(C)C)nc4)cccc3c2)CCO1. The van der Waals surface area contributed by atoms with Gasteiger partial charge in [0.05, 0.1) is 12.7 Å². The van der Waals surface area contributed by atoms with Gasteiger partial charge in [-0.25, -0.2) is 9.97 Å². The first-order valence-corrected chi connectivity index (χ1v) is 9.46. The summed E-state index contributed by atoms with van der Waals surface area (Å²) in [6.07, 6.45) is 3.76. The Morgan fingerprint density at radius 2 is 1.96 bits per heavy atom. The molecule has 1 aliphatic heterocycles. The number of amides is 1. The lowest BCUT2D eigenvalue weighted by atomic mass is 9.98. The van der Waals surface area contributed by atoms with E-state index in [4.69, 9.17) is 4.74 Å². The highest BCUT2D eigenvalue weighted by atomic mass is 16.5. The van der Waals surface area contributed by atoms with Gasteiger partial charge in [0.25, 0.3) is 5.91 Å². The standard InChI is InChI=1S/C22H24N4O2/c1-15-14-26(9-10-28-15)21(27)17-7-8-20-16(11-17)5-4-6-19(20)18-12-23-22(24-13-18)25(2)3/h4-8,11-13,15H,9-10,14H2,1-3H3. The van der Waals surface area contributed by atoms with Crippen molar-refractivity contribution in [3.63, 3.8) is 0 Å². The van der Waals surface area contributed by atoms with Gasteiger partial charge < -0.3 is 14.5 Å². The third kappa shape index (κ3) is 3.55. The van der Waals surface area contributed by atoms with Crippen molar-refractivity contribution in [2.75, 3.05) is 38.7 Å². The molecular formula is C22H24N4O2. The number of ether oxygens (including phenoxy) is 1. The van der Waals surface area contributed by atoms with E-state index in [0.29, 0.717) is 31.2 Å². The third-order valence-corrected chi connectivity index (χ3v) is 5.00. The number of anilines is 1. The molecule has 6 nitrogen and oxygen atoms in total. The molecule has 2 aromatic carbocycles. The second-order valence-corrected chi connectivity index (χ2v) is 7.34. The quantitative estimate of drug-likeness (QED) is 0.702. The first kappa shape index (κ1) is 18.4. The number of fused-ring (bicyclic) bond motifs is 1. The molecule has 1 saturated heterocycles. The minimum atomic E-state index is 0.0566. The molecule has 28 heavy (non-hydrogen) atoms. The molecule has 1 fully saturated rings. The maximum absolute atomic E-state index is 12.9. The molecular weight excluding hydrogens is 352 g/mol. The van der Waals surface area contributed by atoms with Crippen LogP contribution in [0.2, 0.25) is 0 Å².